The van der Waals surface area contributed by atoms with Crippen LogP contribution < -0.4 is 14.8 Å². The van der Waals surface area contributed by atoms with Gasteiger partial charge in [0.05, 0.1) is 42.6 Å². The molecule has 4 aromatic rings. The van der Waals surface area contributed by atoms with Crippen molar-refractivity contribution in [2.75, 3.05) is 33.9 Å². The van der Waals surface area contributed by atoms with Crippen LogP contribution in [-0.2, 0) is 24.3 Å². The molecular weight excluding hydrogens is 679 g/mol. The summed E-state index contributed by atoms with van der Waals surface area (Å²) < 4.78 is 11.4. The topological polar surface area (TPSA) is 124 Å². The second kappa shape index (κ2) is 15.3. The molecule has 0 bridgehead atoms. The summed E-state index contributed by atoms with van der Waals surface area (Å²) in [6.07, 6.45) is 0.311. The molecule has 3 heterocycles. The lowest BCUT2D eigenvalue weighted by atomic mass is 9.91. The van der Waals surface area contributed by atoms with E-state index in [1.54, 1.807) is 26.2 Å². The lowest BCUT2D eigenvalue weighted by Crippen LogP contribution is -2.41. The van der Waals surface area contributed by atoms with Gasteiger partial charge in [0.25, 0.3) is 0 Å². The number of aromatic nitrogens is 1. The number of pyridine rings is 1. The number of ether oxygens (including phenoxy) is 2. The van der Waals surface area contributed by atoms with E-state index in [1.807, 2.05) is 42.5 Å². The molecule has 0 aliphatic carbocycles. The highest BCUT2D eigenvalue weighted by Gasteiger charge is 2.27. The minimum absolute atomic E-state index is 0.0436. The third-order valence-electron chi connectivity index (χ3n) is 9.29. The van der Waals surface area contributed by atoms with Crippen LogP contribution in [-0.4, -0.2) is 83.0 Å². The van der Waals surface area contributed by atoms with Gasteiger partial charge >= 0.3 is 6.09 Å². The summed E-state index contributed by atoms with van der Waals surface area (Å²) in [5, 5.41) is 23.6. The number of carbonyl (C=O) groups is 2. The molecule has 6 rings (SSSR count). The van der Waals surface area contributed by atoms with Crippen molar-refractivity contribution in [3.63, 3.8) is 0 Å². The summed E-state index contributed by atoms with van der Waals surface area (Å²) >= 11 is 14.3. The number of fused-ring (bicyclic) bond motifs is 1. The summed E-state index contributed by atoms with van der Waals surface area (Å²) in [6.45, 7) is 4.17. The van der Waals surface area contributed by atoms with Gasteiger partial charge in [-0.05, 0) is 49.1 Å². The van der Waals surface area contributed by atoms with Gasteiger partial charge in [0.15, 0.2) is 0 Å². The molecule has 1 unspecified atom stereocenters. The molecule has 1 saturated heterocycles. The van der Waals surface area contributed by atoms with Crippen LogP contribution in [0.5, 0.6) is 11.6 Å². The van der Waals surface area contributed by atoms with Gasteiger partial charge < -0.3 is 29.9 Å². The molecular formula is C38H40Cl2N4O6. The Morgan fingerprint density at radius 3 is 2.36 bits per heavy atom. The number of benzene rings is 3. The van der Waals surface area contributed by atoms with Crippen molar-refractivity contribution in [1.29, 1.82) is 0 Å². The van der Waals surface area contributed by atoms with E-state index in [-0.39, 0.29) is 30.9 Å². The number of β-amino-alcohol motifs (C(OH)–C–C–N with tert-alkyl or cyclic N) is 1. The van der Waals surface area contributed by atoms with Crippen LogP contribution in [0.25, 0.3) is 33.5 Å². The first-order valence-corrected chi connectivity index (χ1v) is 17.3. The Hall–Kier alpha value is -4.35. The van der Waals surface area contributed by atoms with Gasteiger partial charge in [-0.2, -0.15) is 0 Å². The summed E-state index contributed by atoms with van der Waals surface area (Å²) in [6, 6.07) is 19.1. The maximum absolute atomic E-state index is 12.1. The first-order valence-electron chi connectivity index (χ1n) is 16.6. The van der Waals surface area contributed by atoms with Crippen LogP contribution in [0, 0.1) is 0 Å². The van der Waals surface area contributed by atoms with Gasteiger partial charge in [0.2, 0.25) is 11.8 Å². The molecule has 1 aromatic heterocycles. The van der Waals surface area contributed by atoms with Gasteiger partial charge in [-0.1, -0.05) is 65.7 Å². The molecule has 3 aromatic carbocycles. The molecule has 0 radical (unpaired) electrons. The van der Waals surface area contributed by atoms with E-state index in [9.17, 15) is 19.8 Å². The number of nitrogens with one attached hydrogen (secondary N) is 1. The van der Waals surface area contributed by atoms with Crippen LogP contribution in [0.3, 0.4) is 0 Å². The number of amides is 2. The smallest absolute Gasteiger partial charge is 0.407 e. The molecule has 50 heavy (non-hydrogen) atoms. The Bertz CT molecular complexity index is 1900. The zero-order chi connectivity index (χ0) is 35.5. The number of hydrogen-bond acceptors (Lipinski definition) is 7. The molecule has 0 spiro atoms. The monoisotopic (exact) mass is 718 g/mol. The van der Waals surface area contributed by atoms with E-state index in [1.165, 1.54) is 17.6 Å². The molecule has 12 heteroatoms. The van der Waals surface area contributed by atoms with Crippen molar-refractivity contribution >= 4 is 35.2 Å². The zero-order valence-electron chi connectivity index (χ0n) is 28.2. The van der Waals surface area contributed by atoms with E-state index in [4.69, 9.17) is 37.7 Å². The Morgan fingerprint density at radius 2 is 1.72 bits per heavy atom. The number of halogens is 2. The molecule has 2 aliphatic heterocycles. The largest absolute Gasteiger partial charge is 0.496 e. The third kappa shape index (κ3) is 7.54. The summed E-state index contributed by atoms with van der Waals surface area (Å²) in [7, 11) is 3.16. The SMILES string of the molecule is COc1cc(-c2cccc(-c3cccc(-c4ccc(CN(C[C@@H]5CCC(=O)N5)C(=O)O)c(OC)n4)c3Cl)c2Cl)cc2c1CN(CC(C)O)CC2. The van der Waals surface area contributed by atoms with E-state index in [2.05, 4.69) is 16.3 Å². The number of carboxylic acid groups (broad SMARTS) is 1. The Morgan fingerprint density at radius 1 is 1.02 bits per heavy atom. The third-order valence-corrected chi connectivity index (χ3v) is 10.1. The minimum atomic E-state index is -1.10. The summed E-state index contributed by atoms with van der Waals surface area (Å²) in [4.78, 5) is 31.9. The molecule has 262 valence electrons. The molecule has 2 atom stereocenters. The number of rotatable bonds is 11. The molecule has 2 aliphatic rings. The number of aliphatic hydroxyl groups excluding tert-OH is 1. The number of aliphatic hydroxyl groups is 1. The molecule has 1 fully saturated rings. The minimum Gasteiger partial charge on any atom is -0.496 e. The number of carbonyl (C=O) groups excluding carboxylic acids is 1. The Balaban J connectivity index is 1.29. The quantitative estimate of drug-likeness (QED) is 0.153. The lowest BCUT2D eigenvalue weighted by molar-refractivity contribution is -0.119. The van der Waals surface area contributed by atoms with Gasteiger partial charge in [0, 0.05) is 72.0 Å². The van der Waals surface area contributed by atoms with Crippen LogP contribution in [0.2, 0.25) is 10.0 Å². The van der Waals surface area contributed by atoms with Gasteiger partial charge in [-0.25, -0.2) is 9.78 Å². The lowest BCUT2D eigenvalue weighted by Gasteiger charge is -2.31. The predicted molar refractivity (Wildman–Crippen MR) is 194 cm³/mol. The second-order valence-electron chi connectivity index (χ2n) is 12.8. The Kier molecular flexibility index (Phi) is 10.8. The maximum Gasteiger partial charge on any atom is 0.407 e. The fourth-order valence-electron chi connectivity index (χ4n) is 6.87. The van der Waals surface area contributed by atoms with E-state index < -0.39 is 12.2 Å². The second-order valence-corrected chi connectivity index (χ2v) is 13.6. The first kappa shape index (κ1) is 35.5. The molecule has 2 amide bonds. The van der Waals surface area contributed by atoms with Gasteiger partial charge in [-0.15, -0.1) is 0 Å². The average Bonchev–Trinajstić information content (AvgIpc) is 3.52. The van der Waals surface area contributed by atoms with Gasteiger partial charge in [-0.3, -0.25) is 9.69 Å². The van der Waals surface area contributed by atoms with Crippen molar-refractivity contribution in [3.05, 3.63) is 87.4 Å². The maximum atomic E-state index is 12.1. The van der Waals surface area contributed by atoms with Crippen molar-refractivity contribution in [3.8, 4) is 45.1 Å². The van der Waals surface area contributed by atoms with E-state index in [0.717, 1.165) is 46.5 Å². The number of nitrogens with zero attached hydrogens (tertiary/aromatic N) is 3. The highest BCUT2D eigenvalue weighted by Crippen LogP contribution is 2.44. The Labute approximate surface area is 301 Å². The van der Waals surface area contributed by atoms with Crippen molar-refractivity contribution in [2.45, 2.75) is 51.4 Å². The van der Waals surface area contributed by atoms with E-state index in [0.29, 0.717) is 52.8 Å². The number of hydrogen-bond donors (Lipinski definition) is 3. The molecule has 0 saturated carbocycles. The fraction of sp³-hybridized carbons (Fsp3) is 0.342. The fourth-order valence-corrected chi connectivity index (χ4v) is 7.53. The van der Waals surface area contributed by atoms with Crippen LogP contribution in [0.15, 0.2) is 60.7 Å². The normalized spacial score (nSPS) is 16.4. The highest BCUT2D eigenvalue weighted by molar-refractivity contribution is 6.39. The van der Waals surface area contributed by atoms with Crippen molar-refractivity contribution in [2.24, 2.45) is 0 Å². The summed E-state index contributed by atoms with van der Waals surface area (Å²) in [5.74, 6) is 0.993. The van der Waals surface area contributed by atoms with Crippen LogP contribution in [0.1, 0.15) is 36.5 Å². The highest BCUT2D eigenvalue weighted by atomic mass is 35.5. The van der Waals surface area contributed by atoms with Gasteiger partial charge in [0.1, 0.15) is 5.75 Å². The van der Waals surface area contributed by atoms with Crippen LogP contribution in [0.4, 0.5) is 4.79 Å². The summed E-state index contributed by atoms with van der Waals surface area (Å²) in [5.41, 5.74) is 7.41. The molecule has 3 N–H and O–H groups in total. The van der Waals surface area contributed by atoms with Crippen molar-refractivity contribution < 1.29 is 29.3 Å². The van der Waals surface area contributed by atoms with E-state index >= 15 is 0 Å². The number of methoxy groups -OCH3 is 2. The standard InChI is InChI=1S/C38H40Cl2N4O6/c1-22(45)18-43-15-14-23-16-25(17-33(49-2)31(23)21-43)27-6-4-7-28(35(27)39)29-8-5-9-30(36(29)40)32-12-10-24(37(42-32)50-3)19-44(38(47)48)20-26-11-13-34(46)41-26/h4-10,12,16-17,22,26,45H,11,13-15,18-21H2,1-3H3,(H,41,46)(H,47,48)/t22?,26-/m0/s1. The zero-order valence-corrected chi connectivity index (χ0v) is 29.7. The van der Waals surface area contributed by atoms with Crippen LogP contribution >= 0.6 is 23.2 Å². The first-order chi connectivity index (χ1) is 24.1. The average molecular weight is 720 g/mol. The predicted octanol–water partition coefficient (Wildman–Crippen LogP) is 6.90. The van der Waals surface area contributed by atoms with Crippen molar-refractivity contribution in [1.82, 2.24) is 20.1 Å². The molecule has 10 nitrogen and oxygen atoms in total.